The molecule has 2 heterocycles. The molecule has 3 aromatic rings. The Balaban J connectivity index is 1.76. The lowest BCUT2D eigenvalue weighted by Crippen LogP contribution is -1.97. The van der Waals surface area contributed by atoms with Crippen LogP contribution in [-0.2, 0) is 6.61 Å². The van der Waals surface area contributed by atoms with Crippen molar-refractivity contribution in [2.45, 2.75) is 6.61 Å². The number of nitrogens with two attached hydrogens (primary N) is 1. The maximum Gasteiger partial charge on any atom is 0.189 e. The van der Waals surface area contributed by atoms with E-state index < -0.39 is 0 Å². The van der Waals surface area contributed by atoms with Crippen LogP contribution in [0.2, 0.25) is 0 Å². The molecule has 0 spiro atoms. The van der Waals surface area contributed by atoms with E-state index in [1.165, 1.54) is 0 Å². The third-order valence-corrected chi connectivity index (χ3v) is 2.61. The maximum absolute atomic E-state index is 9.17. The highest BCUT2D eigenvalue weighted by atomic mass is 16.5. The highest BCUT2D eigenvalue weighted by Crippen LogP contribution is 2.17. The van der Waals surface area contributed by atoms with Crippen molar-refractivity contribution >= 4 is 11.3 Å². The summed E-state index contributed by atoms with van der Waals surface area (Å²) in [6.45, 7) is 0.256. The smallest absolute Gasteiger partial charge is 0.189 e. The fraction of sp³-hybridized carbons (Fsp3) is 0.0769. The highest BCUT2D eigenvalue weighted by Gasteiger charge is 2.04. The zero-order chi connectivity index (χ0) is 13.2. The molecule has 0 aliphatic rings. The lowest BCUT2D eigenvalue weighted by molar-refractivity contribution is 0.295. The molecule has 0 aliphatic heterocycles. The van der Waals surface area contributed by atoms with Crippen LogP contribution in [0.5, 0.6) is 11.5 Å². The second-order valence-electron chi connectivity index (χ2n) is 4.07. The second kappa shape index (κ2) is 4.49. The van der Waals surface area contributed by atoms with E-state index in [-0.39, 0.29) is 12.4 Å². The number of pyridine rings is 1. The molecule has 0 fully saturated rings. The van der Waals surface area contributed by atoms with Gasteiger partial charge in [0, 0.05) is 18.0 Å². The molecular formula is C13H12N4O2. The van der Waals surface area contributed by atoms with Crippen LogP contribution >= 0.6 is 0 Å². The first-order chi connectivity index (χ1) is 9.20. The number of ether oxygens (including phenoxy) is 1. The molecule has 96 valence electrons. The normalized spacial score (nSPS) is 10.7. The maximum atomic E-state index is 9.17. The van der Waals surface area contributed by atoms with Crippen molar-refractivity contribution in [3.05, 3.63) is 48.4 Å². The first-order valence-corrected chi connectivity index (χ1v) is 5.73. The molecule has 0 amide bonds. The Morgan fingerprint density at radius 3 is 2.79 bits per heavy atom. The Kier molecular flexibility index (Phi) is 2.68. The van der Waals surface area contributed by atoms with Crippen LogP contribution in [0, 0.1) is 0 Å². The third kappa shape index (κ3) is 2.42. The van der Waals surface area contributed by atoms with Crippen molar-refractivity contribution in [2.75, 3.05) is 5.73 Å². The van der Waals surface area contributed by atoms with Gasteiger partial charge in [0.25, 0.3) is 0 Å². The Hall–Kier alpha value is -2.76. The van der Waals surface area contributed by atoms with Gasteiger partial charge in [-0.05, 0) is 30.3 Å². The van der Waals surface area contributed by atoms with E-state index in [0.29, 0.717) is 22.9 Å². The lowest BCUT2D eigenvalue weighted by Gasteiger charge is -2.02. The summed E-state index contributed by atoms with van der Waals surface area (Å²) in [4.78, 5) is 4.30. The number of phenolic OH excluding ortho intramolecular Hbond substituents is 1. The van der Waals surface area contributed by atoms with E-state index in [1.54, 1.807) is 47.1 Å². The second-order valence-corrected chi connectivity index (χ2v) is 4.07. The minimum absolute atomic E-state index is 0.202. The number of aromatic hydroxyl groups is 1. The Labute approximate surface area is 109 Å². The quantitative estimate of drug-likeness (QED) is 0.743. The number of benzene rings is 1. The fourth-order valence-corrected chi connectivity index (χ4v) is 1.69. The zero-order valence-electron chi connectivity index (χ0n) is 10.0. The number of nitrogens with zero attached hydrogens (tertiary/aromatic N) is 3. The molecule has 3 N–H and O–H groups in total. The van der Waals surface area contributed by atoms with Crippen LogP contribution in [0.3, 0.4) is 0 Å². The van der Waals surface area contributed by atoms with E-state index >= 15 is 0 Å². The molecule has 0 radical (unpaired) electrons. The highest BCUT2D eigenvalue weighted by molar-refractivity contribution is 5.50. The SMILES string of the molecule is Nc1ccn2nc(COc3ccc(O)cc3)nc2c1. The van der Waals surface area contributed by atoms with Crippen molar-refractivity contribution < 1.29 is 9.84 Å². The number of anilines is 1. The van der Waals surface area contributed by atoms with Gasteiger partial charge in [0.2, 0.25) is 0 Å². The number of phenols is 1. The Morgan fingerprint density at radius 2 is 2.00 bits per heavy atom. The number of hydrogen-bond acceptors (Lipinski definition) is 5. The van der Waals surface area contributed by atoms with Gasteiger partial charge in [-0.2, -0.15) is 0 Å². The standard InChI is InChI=1S/C13H12N4O2/c14-9-5-6-17-13(7-9)15-12(16-17)8-19-11-3-1-10(18)2-4-11/h1-7,18H,8,14H2. The van der Waals surface area contributed by atoms with Crippen LogP contribution < -0.4 is 10.5 Å². The first-order valence-electron chi connectivity index (χ1n) is 5.73. The van der Waals surface area contributed by atoms with Gasteiger partial charge >= 0.3 is 0 Å². The molecule has 0 bridgehead atoms. The zero-order valence-corrected chi connectivity index (χ0v) is 10.0. The minimum Gasteiger partial charge on any atom is -0.508 e. The number of nitrogen functional groups attached to an aromatic ring is 1. The van der Waals surface area contributed by atoms with E-state index in [9.17, 15) is 0 Å². The van der Waals surface area contributed by atoms with Crippen LogP contribution in [0.1, 0.15) is 5.82 Å². The average molecular weight is 256 g/mol. The molecule has 1 aromatic carbocycles. The van der Waals surface area contributed by atoms with Gasteiger partial charge in [0.15, 0.2) is 11.5 Å². The summed E-state index contributed by atoms with van der Waals surface area (Å²) in [7, 11) is 0. The van der Waals surface area contributed by atoms with Crippen LogP contribution in [0.15, 0.2) is 42.6 Å². The van der Waals surface area contributed by atoms with Crippen LogP contribution in [0.25, 0.3) is 5.65 Å². The molecule has 0 saturated carbocycles. The van der Waals surface area contributed by atoms with Crippen molar-refractivity contribution in [3.63, 3.8) is 0 Å². The minimum atomic E-state index is 0.202. The van der Waals surface area contributed by atoms with Crippen molar-refractivity contribution in [1.29, 1.82) is 0 Å². The molecule has 0 aliphatic carbocycles. The summed E-state index contributed by atoms with van der Waals surface area (Å²) in [5, 5.41) is 13.4. The van der Waals surface area contributed by atoms with E-state index in [0.717, 1.165) is 0 Å². The molecule has 3 rings (SSSR count). The van der Waals surface area contributed by atoms with Crippen molar-refractivity contribution in [3.8, 4) is 11.5 Å². The third-order valence-electron chi connectivity index (χ3n) is 2.61. The van der Waals surface area contributed by atoms with E-state index in [1.807, 2.05) is 0 Å². The number of hydrogen-bond donors (Lipinski definition) is 2. The lowest BCUT2D eigenvalue weighted by atomic mass is 10.3. The van der Waals surface area contributed by atoms with Gasteiger partial charge in [0.05, 0.1) is 0 Å². The molecule has 19 heavy (non-hydrogen) atoms. The average Bonchev–Trinajstić information content (AvgIpc) is 2.80. The number of aromatic nitrogens is 3. The van der Waals surface area contributed by atoms with Crippen molar-refractivity contribution in [1.82, 2.24) is 14.6 Å². The largest absolute Gasteiger partial charge is 0.508 e. The van der Waals surface area contributed by atoms with E-state index in [4.69, 9.17) is 15.6 Å². The van der Waals surface area contributed by atoms with E-state index in [2.05, 4.69) is 10.1 Å². The molecule has 2 aromatic heterocycles. The van der Waals surface area contributed by atoms with Gasteiger partial charge in [-0.3, -0.25) is 0 Å². The summed E-state index contributed by atoms with van der Waals surface area (Å²) in [6, 6.07) is 10.00. The Bertz CT molecular complexity index is 706. The molecule has 6 heteroatoms. The van der Waals surface area contributed by atoms with Crippen molar-refractivity contribution in [2.24, 2.45) is 0 Å². The predicted molar refractivity (Wildman–Crippen MR) is 69.8 cm³/mol. The van der Waals surface area contributed by atoms with Crippen LogP contribution in [-0.4, -0.2) is 19.7 Å². The summed E-state index contributed by atoms with van der Waals surface area (Å²) in [6.07, 6.45) is 1.75. The topological polar surface area (TPSA) is 85.7 Å². The van der Waals surface area contributed by atoms with Gasteiger partial charge in [-0.1, -0.05) is 0 Å². The molecule has 0 saturated heterocycles. The number of rotatable bonds is 3. The predicted octanol–water partition coefficient (Wildman–Crippen LogP) is 1.60. The monoisotopic (exact) mass is 256 g/mol. The summed E-state index contributed by atoms with van der Waals surface area (Å²) in [5.74, 6) is 1.42. The molecule has 6 nitrogen and oxygen atoms in total. The Morgan fingerprint density at radius 1 is 1.21 bits per heavy atom. The number of fused-ring (bicyclic) bond motifs is 1. The molecule has 0 atom stereocenters. The van der Waals surface area contributed by atoms with Crippen LogP contribution in [0.4, 0.5) is 5.69 Å². The van der Waals surface area contributed by atoms with Gasteiger partial charge in [-0.25, -0.2) is 9.50 Å². The summed E-state index contributed by atoms with van der Waals surface area (Å²) < 4.78 is 7.17. The fourth-order valence-electron chi connectivity index (χ4n) is 1.69. The van der Waals surface area contributed by atoms with Gasteiger partial charge in [0.1, 0.15) is 18.1 Å². The van der Waals surface area contributed by atoms with Gasteiger partial charge in [-0.15, -0.1) is 5.10 Å². The summed E-state index contributed by atoms with van der Waals surface area (Å²) >= 11 is 0. The first kappa shape index (κ1) is 11.3. The van der Waals surface area contributed by atoms with Gasteiger partial charge < -0.3 is 15.6 Å². The summed E-state index contributed by atoms with van der Waals surface area (Å²) in [5.41, 5.74) is 7.01. The molecular weight excluding hydrogens is 244 g/mol. The molecule has 0 unspecified atom stereocenters.